The minimum Gasteiger partial charge on any atom is -0.493 e. The highest BCUT2D eigenvalue weighted by molar-refractivity contribution is 7.92. The van der Waals surface area contributed by atoms with E-state index in [-0.39, 0.29) is 12.6 Å². The molecular formula is C21H28N2O5S. The minimum atomic E-state index is -3.69. The van der Waals surface area contributed by atoms with Gasteiger partial charge in [-0.1, -0.05) is 18.2 Å². The maximum absolute atomic E-state index is 12.6. The monoisotopic (exact) mass is 420 g/mol. The van der Waals surface area contributed by atoms with Gasteiger partial charge in [0.1, 0.15) is 6.54 Å². The molecular weight excluding hydrogens is 392 g/mol. The molecule has 7 nitrogen and oxygen atoms in total. The number of aryl methyl sites for hydroxylation is 2. The van der Waals surface area contributed by atoms with Crippen LogP contribution in [0, 0.1) is 13.8 Å². The van der Waals surface area contributed by atoms with Crippen molar-refractivity contribution in [1.29, 1.82) is 0 Å². The average Bonchev–Trinajstić information content (AvgIpc) is 2.66. The van der Waals surface area contributed by atoms with Gasteiger partial charge in [-0.25, -0.2) is 8.42 Å². The number of sulfonamides is 1. The Morgan fingerprint density at radius 2 is 1.69 bits per heavy atom. The Bertz CT molecular complexity index is 989. The molecule has 0 spiro atoms. The summed E-state index contributed by atoms with van der Waals surface area (Å²) in [6.45, 7) is 5.55. The lowest BCUT2D eigenvalue weighted by Gasteiger charge is -2.24. The summed E-state index contributed by atoms with van der Waals surface area (Å²) in [6, 6.07) is 10.4. The molecule has 2 rings (SSSR count). The largest absolute Gasteiger partial charge is 0.493 e. The van der Waals surface area contributed by atoms with Crippen LogP contribution in [0.15, 0.2) is 36.4 Å². The summed E-state index contributed by atoms with van der Waals surface area (Å²) >= 11 is 0. The average molecular weight is 421 g/mol. The second kappa shape index (κ2) is 9.17. The number of nitrogens with one attached hydrogen (secondary N) is 1. The van der Waals surface area contributed by atoms with Gasteiger partial charge in [0.15, 0.2) is 11.5 Å². The molecule has 0 aliphatic rings. The molecule has 1 atom stereocenters. The van der Waals surface area contributed by atoms with E-state index in [0.29, 0.717) is 17.2 Å². The zero-order valence-electron chi connectivity index (χ0n) is 17.6. The Balaban J connectivity index is 2.22. The summed E-state index contributed by atoms with van der Waals surface area (Å²) < 4.78 is 36.1. The van der Waals surface area contributed by atoms with Gasteiger partial charge < -0.3 is 14.8 Å². The van der Waals surface area contributed by atoms with Crippen molar-refractivity contribution < 1.29 is 22.7 Å². The van der Waals surface area contributed by atoms with Gasteiger partial charge in [-0.15, -0.1) is 0 Å². The van der Waals surface area contributed by atoms with Gasteiger partial charge in [0.25, 0.3) is 0 Å². The summed E-state index contributed by atoms with van der Waals surface area (Å²) in [4.78, 5) is 12.6. The van der Waals surface area contributed by atoms with Gasteiger partial charge in [0, 0.05) is 6.07 Å². The first-order valence-electron chi connectivity index (χ1n) is 9.13. The molecule has 29 heavy (non-hydrogen) atoms. The van der Waals surface area contributed by atoms with E-state index in [1.54, 1.807) is 12.1 Å². The second-order valence-corrected chi connectivity index (χ2v) is 8.85. The number of carbonyl (C=O) groups is 1. The molecule has 0 heterocycles. The molecule has 1 N–H and O–H groups in total. The zero-order chi connectivity index (χ0) is 21.8. The molecule has 0 saturated heterocycles. The molecule has 0 saturated carbocycles. The van der Waals surface area contributed by atoms with Crippen molar-refractivity contribution in [3.63, 3.8) is 0 Å². The summed E-state index contributed by atoms with van der Waals surface area (Å²) in [5.41, 5.74) is 3.58. The quantitative estimate of drug-likeness (QED) is 0.710. The molecule has 0 aliphatic heterocycles. The second-order valence-electron chi connectivity index (χ2n) is 6.94. The maximum atomic E-state index is 12.6. The van der Waals surface area contributed by atoms with Crippen LogP contribution in [0.1, 0.15) is 29.7 Å². The van der Waals surface area contributed by atoms with Crippen LogP contribution in [0.3, 0.4) is 0 Å². The van der Waals surface area contributed by atoms with E-state index in [1.165, 1.54) is 25.8 Å². The number of hydrogen-bond donors (Lipinski definition) is 1. The van der Waals surface area contributed by atoms with Crippen molar-refractivity contribution >= 4 is 21.6 Å². The summed E-state index contributed by atoms with van der Waals surface area (Å²) in [5.74, 6) is 0.441. The molecule has 0 bridgehead atoms. The topological polar surface area (TPSA) is 84.9 Å². The summed E-state index contributed by atoms with van der Waals surface area (Å²) in [6.07, 6.45) is 1.06. The lowest BCUT2D eigenvalue weighted by atomic mass is 10.0. The number of hydrogen-bond acceptors (Lipinski definition) is 5. The minimum absolute atomic E-state index is 0.256. The molecule has 2 aromatic rings. The number of anilines is 1. The molecule has 1 amide bonds. The lowest BCUT2D eigenvalue weighted by Crippen LogP contribution is -2.41. The maximum Gasteiger partial charge on any atom is 0.241 e. The van der Waals surface area contributed by atoms with Gasteiger partial charge in [-0.2, -0.15) is 0 Å². The van der Waals surface area contributed by atoms with Crippen LogP contribution in [0.5, 0.6) is 11.5 Å². The number of amides is 1. The van der Waals surface area contributed by atoms with Crippen molar-refractivity contribution in [1.82, 2.24) is 5.32 Å². The molecule has 0 radical (unpaired) electrons. The molecule has 0 aromatic heterocycles. The third kappa shape index (κ3) is 5.63. The van der Waals surface area contributed by atoms with Crippen LogP contribution in [0.25, 0.3) is 0 Å². The van der Waals surface area contributed by atoms with Crippen molar-refractivity contribution in [3.05, 3.63) is 53.1 Å². The number of ether oxygens (including phenoxy) is 2. The Labute approximate surface area is 172 Å². The number of nitrogens with zero attached hydrogens (tertiary/aromatic N) is 1. The third-order valence-corrected chi connectivity index (χ3v) is 5.89. The van der Waals surface area contributed by atoms with E-state index in [4.69, 9.17) is 9.47 Å². The van der Waals surface area contributed by atoms with Crippen LogP contribution in [-0.2, 0) is 14.8 Å². The van der Waals surface area contributed by atoms with Crippen LogP contribution in [0.2, 0.25) is 0 Å². The van der Waals surface area contributed by atoms with E-state index >= 15 is 0 Å². The number of benzene rings is 2. The summed E-state index contributed by atoms with van der Waals surface area (Å²) in [7, 11) is -0.738. The predicted molar refractivity (Wildman–Crippen MR) is 114 cm³/mol. The van der Waals surface area contributed by atoms with Gasteiger partial charge in [0.05, 0.1) is 32.2 Å². The molecule has 2 aromatic carbocycles. The van der Waals surface area contributed by atoms with Gasteiger partial charge in [-0.05, 0) is 49.6 Å². The van der Waals surface area contributed by atoms with Crippen molar-refractivity contribution in [3.8, 4) is 11.5 Å². The van der Waals surface area contributed by atoms with Crippen molar-refractivity contribution in [2.45, 2.75) is 26.8 Å². The number of carbonyl (C=O) groups excluding carboxylic acids is 1. The molecule has 8 heteroatoms. The Morgan fingerprint density at radius 3 is 2.24 bits per heavy atom. The van der Waals surface area contributed by atoms with Crippen LogP contribution < -0.4 is 19.1 Å². The van der Waals surface area contributed by atoms with Crippen LogP contribution in [-0.4, -0.2) is 41.3 Å². The predicted octanol–water partition coefficient (Wildman–Crippen LogP) is 2.96. The van der Waals surface area contributed by atoms with E-state index in [0.717, 1.165) is 21.7 Å². The lowest BCUT2D eigenvalue weighted by molar-refractivity contribution is -0.120. The molecule has 0 fully saturated rings. The zero-order valence-corrected chi connectivity index (χ0v) is 18.5. The smallest absolute Gasteiger partial charge is 0.241 e. The van der Waals surface area contributed by atoms with E-state index in [9.17, 15) is 13.2 Å². The first-order chi connectivity index (χ1) is 13.6. The first kappa shape index (κ1) is 22.5. The fourth-order valence-electron chi connectivity index (χ4n) is 2.91. The molecule has 1 unspecified atom stereocenters. The fourth-order valence-corrected chi connectivity index (χ4v) is 3.76. The Morgan fingerprint density at radius 1 is 1.03 bits per heavy atom. The number of rotatable bonds is 8. The highest BCUT2D eigenvalue weighted by Gasteiger charge is 2.23. The van der Waals surface area contributed by atoms with Crippen LogP contribution in [0.4, 0.5) is 5.69 Å². The summed E-state index contributed by atoms with van der Waals surface area (Å²) in [5, 5.41) is 2.87. The van der Waals surface area contributed by atoms with Gasteiger partial charge >= 0.3 is 0 Å². The van der Waals surface area contributed by atoms with Crippen molar-refractivity contribution in [2.24, 2.45) is 0 Å². The van der Waals surface area contributed by atoms with E-state index in [2.05, 4.69) is 5.32 Å². The Hall–Kier alpha value is -2.74. The third-order valence-electron chi connectivity index (χ3n) is 4.75. The van der Waals surface area contributed by atoms with Gasteiger partial charge in [0.2, 0.25) is 15.9 Å². The Kier molecular flexibility index (Phi) is 7.13. The highest BCUT2D eigenvalue weighted by atomic mass is 32.2. The van der Waals surface area contributed by atoms with Gasteiger partial charge in [-0.3, -0.25) is 9.10 Å². The van der Waals surface area contributed by atoms with Crippen molar-refractivity contribution in [2.75, 3.05) is 31.3 Å². The first-order valence-corrected chi connectivity index (χ1v) is 11.0. The number of methoxy groups -OCH3 is 2. The SMILES string of the molecule is COc1ccc(N(CC(=O)NC(C)c2ccc(C)c(C)c2)S(C)(=O)=O)cc1OC. The molecule has 158 valence electrons. The van der Waals surface area contributed by atoms with E-state index in [1.807, 2.05) is 39.0 Å². The van der Waals surface area contributed by atoms with Crippen LogP contribution >= 0.6 is 0 Å². The highest BCUT2D eigenvalue weighted by Crippen LogP contribution is 2.32. The fraction of sp³-hybridized carbons (Fsp3) is 0.381. The normalized spacial score (nSPS) is 12.2. The molecule has 0 aliphatic carbocycles. The van der Waals surface area contributed by atoms with E-state index < -0.39 is 15.9 Å². The standard InChI is InChI=1S/C21H28N2O5S/c1-14-7-8-17(11-15(14)2)16(3)22-21(24)13-23(29(6,25)26)18-9-10-19(27-4)20(12-18)28-5/h7-12,16H,13H2,1-6H3,(H,22,24).